The summed E-state index contributed by atoms with van der Waals surface area (Å²) in [5.41, 5.74) is 1.91. The Morgan fingerprint density at radius 2 is 1.92 bits per heavy atom. The number of aryl methyl sites for hydroxylation is 1. The van der Waals surface area contributed by atoms with E-state index in [0.29, 0.717) is 18.5 Å². The van der Waals surface area contributed by atoms with Crippen LogP contribution in [0.1, 0.15) is 53.6 Å². The fraction of sp³-hybridized carbons (Fsp3) is 0.556. The van der Waals surface area contributed by atoms with Gasteiger partial charge in [-0.15, -0.1) is 0 Å². The Balaban J connectivity index is 2.37. The summed E-state index contributed by atoms with van der Waals surface area (Å²) in [5.74, 6) is -1.08. The number of amides is 1. The molecule has 7 heteroatoms. The predicted octanol–water partition coefficient (Wildman–Crippen LogP) is 2.57. The summed E-state index contributed by atoms with van der Waals surface area (Å²) in [4.78, 5) is 25.8. The summed E-state index contributed by atoms with van der Waals surface area (Å²) < 4.78 is 23.8. The minimum atomic E-state index is -3.41. The number of likely N-dealkylation sites (tertiary alicyclic amines) is 1. The van der Waals surface area contributed by atoms with Crippen molar-refractivity contribution in [2.75, 3.05) is 12.8 Å². The summed E-state index contributed by atoms with van der Waals surface area (Å²) in [7, 11) is -3.41. The quantitative estimate of drug-likeness (QED) is 0.863. The second-order valence-electron chi connectivity index (χ2n) is 6.77. The van der Waals surface area contributed by atoms with Gasteiger partial charge in [-0.25, -0.2) is 8.42 Å². The van der Waals surface area contributed by atoms with Crippen LogP contribution in [0.15, 0.2) is 17.0 Å². The molecule has 1 aromatic carbocycles. The van der Waals surface area contributed by atoms with E-state index in [2.05, 4.69) is 0 Å². The van der Waals surface area contributed by atoms with Gasteiger partial charge in [0.05, 0.1) is 4.90 Å². The first kappa shape index (κ1) is 19.4. The molecule has 0 aromatic heterocycles. The zero-order valence-electron chi connectivity index (χ0n) is 14.9. The number of sulfone groups is 1. The van der Waals surface area contributed by atoms with Gasteiger partial charge in [-0.3, -0.25) is 9.59 Å². The molecule has 0 saturated carbocycles. The maximum Gasteiger partial charge on any atom is 0.303 e. The minimum absolute atomic E-state index is 0.0236. The molecule has 0 bridgehead atoms. The number of rotatable bonds is 5. The Hall–Kier alpha value is -1.89. The van der Waals surface area contributed by atoms with E-state index < -0.39 is 15.8 Å². The van der Waals surface area contributed by atoms with E-state index in [-0.39, 0.29) is 23.3 Å². The molecule has 1 saturated heterocycles. The fourth-order valence-corrected chi connectivity index (χ4v) is 4.00. The molecule has 1 heterocycles. The highest BCUT2D eigenvalue weighted by atomic mass is 32.2. The lowest BCUT2D eigenvalue weighted by Gasteiger charge is -2.36. The molecule has 1 unspecified atom stereocenters. The smallest absolute Gasteiger partial charge is 0.303 e. The normalized spacial score (nSPS) is 18.2. The van der Waals surface area contributed by atoms with Crippen LogP contribution < -0.4 is 0 Å². The maximum atomic E-state index is 13.1. The predicted molar refractivity (Wildman–Crippen MR) is 94.6 cm³/mol. The van der Waals surface area contributed by atoms with Crippen LogP contribution in [0.2, 0.25) is 0 Å². The van der Waals surface area contributed by atoms with Crippen LogP contribution >= 0.6 is 0 Å². The van der Waals surface area contributed by atoms with Gasteiger partial charge in [0.25, 0.3) is 5.91 Å². The maximum absolute atomic E-state index is 13.1. The average Bonchev–Trinajstić information content (AvgIpc) is 2.54. The number of hydrogen-bond acceptors (Lipinski definition) is 4. The van der Waals surface area contributed by atoms with Crippen LogP contribution in [-0.4, -0.2) is 49.1 Å². The summed E-state index contributed by atoms with van der Waals surface area (Å²) in [6, 6.07) is 2.92. The number of benzene rings is 1. The highest BCUT2D eigenvalue weighted by molar-refractivity contribution is 7.90. The van der Waals surface area contributed by atoms with Gasteiger partial charge < -0.3 is 10.0 Å². The molecule has 25 heavy (non-hydrogen) atoms. The van der Waals surface area contributed by atoms with Crippen molar-refractivity contribution in [2.45, 2.75) is 56.9 Å². The molecule has 1 atom stereocenters. The van der Waals surface area contributed by atoms with Gasteiger partial charge in [0, 0.05) is 30.8 Å². The number of carbonyl (C=O) groups excluding carboxylic acids is 1. The first-order valence-corrected chi connectivity index (χ1v) is 10.3. The monoisotopic (exact) mass is 367 g/mol. The second-order valence-corrected chi connectivity index (χ2v) is 8.78. The largest absolute Gasteiger partial charge is 0.481 e. The van der Waals surface area contributed by atoms with E-state index in [1.807, 2.05) is 6.92 Å². The summed E-state index contributed by atoms with van der Waals surface area (Å²) in [6.07, 6.45) is 4.19. The number of carbonyl (C=O) groups is 2. The molecular formula is C18H25NO5S. The lowest BCUT2D eigenvalue weighted by molar-refractivity contribution is -0.137. The van der Waals surface area contributed by atoms with E-state index in [0.717, 1.165) is 36.6 Å². The standard InChI is InChI=1S/C18H25NO5S/c1-12-10-15(25(3,23)24)11-16(13(12)2)18(22)19-9-5-4-6-14(19)7-8-17(20)21/h10-11,14H,4-9H2,1-3H3,(H,20,21). The summed E-state index contributed by atoms with van der Waals surface area (Å²) in [5, 5.41) is 8.92. The van der Waals surface area contributed by atoms with Gasteiger partial charge in [0.1, 0.15) is 0 Å². The van der Waals surface area contributed by atoms with E-state index in [9.17, 15) is 18.0 Å². The molecule has 138 valence electrons. The highest BCUT2D eigenvalue weighted by Gasteiger charge is 2.29. The molecule has 0 spiro atoms. The van der Waals surface area contributed by atoms with Gasteiger partial charge in [-0.1, -0.05) is 0 Å². The summed E-state index contributed by atoms with van der Waals surface area (Å²) in [6.45, 7) is 4.18. The highest BCUT2D eigenvalue weighted by Crippen LogP contribution is 2.26. The minimum Gasteiger partial charge on any atom is -0.481 e. The zero-order chi connectivity index (χ0) is 18.8. The Morgan fingerprint density at radius 1 is 1.24 bits per heavy atom. The van der Waals surface area contributed by atoms with Gasteiger partial charge in [-0.2, -0.15) is 0 Å². The third-order valence-electron chi connectivity index (χ3n) is 4.88. The van der Waals surface area contributed by atoms with Crippen LogP contribution in [0.5, 0.6) is 0 Å². The lowest BCUT2D eigenvalue weighted by Crippen LogP contribution is -2.44. The Labute approximate surface area is 148 Å². The Morgan fingerprint density at radius 3 is 2.52 bits per heavy atom. The van der Waals surface area contributed by atoms with Gasteiger partial charge >= 0.3 is 5.97 Å². The van der Waals surface area contributed by atoms with Crippen molar-refractivity contribution in [1.29, 1.82) is 0 Å². The van der Waals surface area contributed by atoms with Gasteiger partial charge in [0.15, 0.2) is 9.84 Å². The second kappa shape index (κ2) is 7.56. The number of nitrogens with zero attached hydrogens (tertiary/aromatic N) is 1. The molecule has 1 aromatic rings. The SMILES string of the molecule is Cc1cc(S(C)(=O)=O)cc(C(=O)N2CCCCC2CCC(=O)O)c1C. The topological polar surface area (TPSA) is 91.8 Å². The van der Waals surface area contributed by atoms with Crippen molar-refractivity contribution in [1.82, 2.24) is 4.90 Å². The molecule has 1 N–H and O–H groups in total. The van der Waals surface area contributed by atoms with E-state index in [4.69, 9.17) is 5.11 Å². The van der Waals surface area contributed by atoms with Gasteiger partial charge in [-0.05, 0) is 62.8 Å². The average molecular weight is 367 g/mol. The number of aliphatic carboxylic acids is 1. The number of carboxylic acid groups (broad SMARTS) is 1. The van der Waals surface area contributed by atoms with Crippen molar-refractivity contribution in [2.24, 2.45) is 0 Å². The van der Waals surface area contributed by atoms with Crippen molar-refractivity contribution >= 4 is 21.7 Å². The lowest BCUT2D eigenvalue weighted by atomic mass is 9.95. The first-order chi connectivity index (χ1) is 11.6. The fourth-order valence-electron chi connectivity index (χ4n) is 3.28. The Bertz CT molecular complexity index is 785. The number of piperidine rings is 1. The molecule has 6 nitrogen and oxygen atoms in total. The van der Waals surface area contributed by atoms with Crippen LogP contribution in [0.3, 0.4) is 0 Å². The molecule has 1 fully saturated rings. The van der Waals surface area contributed by atoms with Crippen molar-refractivity contribution in [3.63, 3.8) is 0 Å². The van der Waals surface area contributed by atoms with Crippen LogP contribution in [0, 0.1) is 13.8 Å². The van der Waals surface area contributed by atoms with Crippen LogP contribution in [-0.2, 0) is 14.6 Å². The third kappa shape index (κ3) is 4.60. The van der Waals surface area contributed by atoms with Crippen molar-refractivity contribution in [3.05, 3.63) is 28.8 Å². The molecule has 2 rings (SSSR count). The summed E-state index contributed by atoms with van der Waals surface area (Å²) >= 11 is 0. The molecular weight excluding hydrogens is 342 g/mol. The van der Waals surface area contributed by atoms with Crippen molar-refractivity contribution in [3.8, 4) is 0 Å². The third-order valence-corrected chi connectivity index (χ3v) is 5.97. The first-order valence-electron chi connectivity index (χ1n) is 8.45. The molecule has 0 radical (unpaired) electrons. The number of hydrogen-bond donors (Lipinski definition) is 1. The molecule has 1 amide bonds. The number of carboxylic acids is 1. The molecule has 0 aliphatic carbocycles. The molecule has 1 aliphatic heterocycles. The van der Waals surface area contributed by atoms with E-state index >= 15 is 0 Å². The zero-order valence-corrected chi connectivity index (χ0v) is 15.7. The Kier molecular flexibility index (Phi) is 5.87. The van der Waals surface area contributed by atoms with Crippen molar-refractivity contribution < 1.29 is 23.1 Å². The van der Waals surface area contributed by atoms with E-state index in [1.165, 1.54) is 6.07 Å². The van der Waals surface area contributed by atoms with Crippen LogP contribution in [0.4, 0.5) is 0 Å². The van der Waals surface area contributed by atoms with Gasteiger partial charge in [0.2, 0.25) is 0 Å². The molecule has 1 aliphatic rings. The van der Waals surface area contributed by atoms with E-state index in [1.54, 1.807) is 17.9 Å². The van der Waals surface area contributed by atoms with Crippen LogP contribution in [0.25, 0.3) is 0 Å².